The molecule has 0 saturated heterocycles. The van der Waals surface area contributed by atoms with Crippen LogP contribution in [0.25, 0.3) is 0 Å². The lowest BCUT2D eigenvalue weighted by molar-refractivity contribution is -0.161. The van der Waals surface area contributed by atoms with Crippen LogP contribution in [0, 0.1) is 0 Å². The summed E-state index contributed by atoms with van der Waals surface area (Å²) in [5.74, 6) is -2.33. The second-order valence-electron chi connectivity index (χ2n) is 27.3. The molecular formula is C91H148O17P2. The maximum atomic E-state index is 13.1. The Balaban J connectivity index is 5.49. The number of esters is 4. The fourth-order valence-electron chi connectivity index (χ4n) is 10.6. The van der Waals surface area contributed by atoms with Crippen LogP contribution < -0.4 is 0 Å². The molecule has 17 nitrogen and oxygen atoms in total. The van der Waals surface area contributed by atoms with Crippen molar-refractivity contribution in [3.8, 4) is 0 Å². The van der Waals surface area contributed by atoms with Crippen LogP contribution in [-0.4, -0.2) is 96.7 Å². The molecule has 0 heterocycles. The van der Waals surface area contributed by atoms with Crippen molar-refractivity contribution in [3.63, 3.8) is 0 Å². The minimum atomic E-state index is -5.01. The molecule has 0 aromatic heterocycles. The van der Waals surface area contributed by atoms with E-state index in [0.29, 0.717) is 32.1 Å². The van der Waals surface area contributed by atoms with Gasteiger partial charge in [0, 0.05) is 25.7 Å². The van der Waals surface area contributed by atoms with Gasteiger partial charge in [-0.05, 0) is 167 Å². The van der Waals surface area contributed by atoms with Crippen LogP contribution in [0.2, 0.25) is 0 Å². The SMILES string of the molecule is CC/C=C\C/C=C\C/C=C\C/C=C\C/C=C\C/C=C\CCC(=O)OCC(COP(=O)(O)OCC(O)COP(=O)(O)OCC(COC(=O)CCCCCCCCC/C=C\C/C=C\C/C=C\CC)OC(=O)CCCCCCC/C=C\C/C=C\C/C=C\CC)OC(=O)CCCCCCCC/C=C\C/C=C\C/C=C\CCCCC. The first-order valence-corrected chi connectivity index (χ1v) is 45.0. The molecule has 0 aliphatic carbocycles. The number of hydrogen-bond donors (Lipinski definition) is 3. The summed E-state index contributed by atoms with van der Waals surface area (Å²) < 4.78 is 68.7. The smallest absolute Gasteiger partial charge is 0.462 e. The first-order valence-electron chi connectivity index (χ1n) is 42.0. The van der Waals surface area contributed by atoms with E-state index < -0.39 is 97.5 Å². The molecule has 0 aliphatic heterocycles. The molecule has 624 valence electrons. The standard InChI is InChI=1S/C91H148O17P2/c1-5-9-13-17-21-25-29-33-37-40-42-45-49-52-56-60-64-68-72-76-89(94)102-82-87(108-91(96)78-74-70-66-62-58-54-50-46-43-41-38-34-30-26-22-18-14-10-6-2)84-106-110(99,100)104-80-85(92)79-103-109(97,98)105-83-86(107-90(95)77-73-69-65-61-57-53-47-36-32-28-24-20-16-12-8-4)81-101-88(93)75-71-67-63-59-55-51-48-44-39-35-31-27-23-19-15-11-7-3/h9,11-13,15-16,21-28,33-39,42-43,45-47,52,56,64,68,85-87,92H,5-8,10,14,17-20,29-32,40-41,44,48-51,53-55,57-63,65-67,69-84H2,1-4H3,(H,97,98)(H,99,100)/b13-9-,15-11-,16-12-,25-21-,26-22-,27-23-,28-24-,37-33-,38-34-,39-35-,45-42-,46-43-,47-36-,56-52-,68-64-. The van der Waals surface area contributed by atoms with E-state index >= 15 is 0 Å². The summed E-state index contributed by atoms with van der Waals surface area (Å²) in [5.41, 5.74) is 0. The molecule has 0 aromatic carbocycles. The van der Waals surface area contributed by atoms with Crippen LogP contribution in [0.15, 0.2) is 182 Å². The number of carbonyl (C=O) groups is 4. The largest absolute Gasteiger partial charge is 0.472 e. The fraction of sp³-hybridized carbons (Fsp3) is 0.626. The van der Waals surface area contributed by atoms with Crippen molar-refractivity contribution in [2.75, 3.05) is 39.6 Å². The summed E-state index contributed by atoms with van der Waals surface area (Å²) >= 11 is 0. The van der Waals surface area contributed by atoms with Crippen molar-refractivity contribution in [3.05, 3.63) is 182 Å². The van der Waals surface area contributed by atoms with Gasteiger partial charge in [0.25, 0.3) is 0 Å². The van der Waals surface area contributed by atoms with Crippen molar-refractivity contribution in [2.24, 2.45) is 0 Å². The molecule has 0 fully saturated rings. The number of carbonyl (C=O) groups excluding carboxylic acids is 4. The van der Waals surface area contributed by atoms with Crippen molar-refractivity contribution >= 4 is 39.5 Å². The van der Waals surface area contributed by atoms with Gasteiger partial charge in [0.05, 0.1) is 26.4 Å². The van der Waals surface area contributed by atoms with Crippen molar-refractivity contribution in [1.82, 2.24) is 0 Å². The number of allylic oxidation sites excluding steroid dienone is 30. The van der Waals surface area contributed by atoms with Gasteiger partial charge in [-0.25, -0.2) is 9.13 Å². The lowest BCUT2D eigenvalue weighted by atomic mass is 10.1. The summed E-state index contributed by atoms with van der Waals surface area (Å²) in [6.07, 6.45) is 98.7. The molecule has 0 bridgehead atoms. The second-order valence-corrected chi connectivity index (χ2v) is 30.2. The van der Waals surface area contributed by atoms with Crippen molar-refractivity contribution < 1.29 is 80.2 Å². The van der Waals surface area contributed by atoms with Gasteiger partial charge >= 0.3 is 39.5 Å². The zero-order valence-corrected chi connectivity index (χ0v) is 70.1. The zero-order valence-electron chi connectivity index (χ0n) is 68.4. The molecule has 0 radical (unpaired) electrons. The number of hydrogen-bond acceptors (Lipinski definition) is 15. The van der Waals surface area contributed by atoms with Gasteiger partial charge in [-0.15, -0.1) is 0 Å². The highest BCUT2D eigenvalue weighted by molar-refractivity contribution is 7.47. The van der Waals surface area contributed by atoms with Gasteiger partial charge in [0.15, 0.2) is 12.2 Å². The molecular weight excluding hydrogens is 1430 g/mol. The normalized spacial score (nSPS) is 14.7. The van der Waals surface area contributed by atoms with Crippen molar-refractivity contribution in [2.45, 2.75) is 329 Å². The summed E-state index contributed by atoms with van der Waals surface area (Å²) in [5, 5.41) is 10.7. The topological polar surface area (TPSA) is 237 Å². The van der Waals surface area contributed by atoms with E-state index in [4.69, 9.17) is 37.0 Å². The number of rotatable bonds is 77. The van der Waals surface area contributed by atoms with Crippen LogP contribution in [0.3, 0.4) is 0 Å². The summed E-state index contributed by atoms with van der Waals surface area (Å²) in [7, 11) is -10.0. The zero-order chi connectivity index (χ0) is 80.3. The average molecular weight is 1580 g/mol. The Bertz CT molecular complexity index is 2800. The third kappa shape index (κ3) is 80.2. The van der Waals surface area contributed by atoms with Gasteiger partial charge < -0.3 is 33.8 Å². The van der Waals surface area contributed by atoms with Gasteiger partial charge in [0.1, 0.15) is 19.3 Å². The molecule has 0 rings (SSSR count). The Morgan fingerprint density at radius 3 is 0.782 bits per heavy atom. The predicted molar refractivity (Wildman–Crippen MR) is 454 cm³/mol. The van der Waals surface area contributed by atoms with E-state index in [1.807, 2.05) is 18.2 Å². The van der Waals surface area contributed by atoms with Gasteiger partial charge in [-0.3, -0.25) is 37.3 Å². The Morgan fingerprint density at radius 1 is 0.264 bits per heavy atom. The molecule has 5 unspecified atom stereocenters. The lowest BCUT2D eigenvalue weighted by Crippen LogP contribution is -2.30. The molecule has 110 heavy (non-hydrogen) atoms. The van der Waals surface area contributed by atoms with E-state index in [-0.39, 0.29) is 25.7 Å². The maximum Gasteiger partial charge on any atom is 0.472 e. The summed E-state index contributed by atoms with van der Waals surface area (Å²) in [4.78, 5) is 73.2. The number of aliphatic hydroxyl groups excluding tert-OH is 1. The number of phosphoric ester groups is 2. The summed E-state index contributed by atoms with van der Waals surface area (Å²) in [6, 6.07) is 0. The Kier molecular flexibility index (Phi) is 76.9. The van der Waals surface area contributed by atoms with Crippen LogP contribution in [0.1, 0.15) is 310 Å². The molecule has 0 spiro atoms. The molecule has 0 saturated carbocycles. The van der Waals surface area contributed by atoms with Crippen molar-refractivity contribution in [1.29, 1.82) is 0 Å². The van der Waals surface area contributed by atoms with E-state index in [9.17, 15) is 43.2 Å². The highest BCUT2D eigenvalue weighted by atomic mass is 31.2. The molecule has 5 atom stereocenters. The Hall–Kier alpha value is -5.84. The maximum absolute atomic E-state index is 13.1. The quantitative estimate of drug-likeness (QED) is 0.0169. The molecule has 3 N–H and O–H groups in total. The second kappa shape index (κ2) is 81.2. The molecule has 0 aromatic rings. The predicted octanol–water partition coefficient (Wildman–Crippen LogP) is 25.1. The van der Waals surface area contributed by atoms with E-state index in [1.165, 1.54) is 19.3 Å². The monoisotopic (exact) mass is 1580 g/mol. The average Bonchev–Trinajstić information content (AvgIpc) is 0.900. The highest BCUT2D eigenvalue weighted by Gasteiger charge is 2.30. The number of unbranched alkanes of at least 4 members (excludes halogenated alkanes) is 21. The number of aliphatic hydroxyl groups is 1. The molecule has 0 amide bonds. The van der Waals surface area contributed by atoms with Crippen LogP contribution >= 0.6 is 15.6 Å². The first kappa shape index (κ1) is 104. The summed E-state index contributed by atoms with van der Waals surface area (Å²) in [6.45, 7) is 4.38. The minimum Gasteiger partial charge on any atom is -0.462 e. The van der Waals surface area contributed by atoms with E-state index in [1.54, 1.807) is 0 Å². The number of ether oxygens (including phenoxy) is 4. The lowest BCUT2D eigenvalue weighted by Gasteiger charge is -2.21. The third-order valence-electron chi connectivity index (χ3n) is 16.9. The Morgan fingerprint density at radius 2 is 0.491 bits per heavy atom. The fourth-order valence-corrected chi connectivity index (χ4v) is 12.2. The van der Waals surface area contributed by atoms with Gasteiger partial charge in [0.2, 0.25) is 0 Å². The first-order chi connectivity index (χ1) is 53.7. The Labute approximate surface area is 666 Å². The van der Waals surface area contributed by atoms with Crippen LogP contribution in [-0.2, 0) is 65.4 Å². The molecule has 19 heteroatoms. The number of phosphoric acid groups is 2. The van der Waals surface area contributed by atoms with Gasteiger partial charge in [-0.2, -0.15) is 0 Å². The molecule has 0 aliphatic rings. The van der Waals surface area contributed by atoms with E-state index in [2.05, 4.69) is 192 Å². The third-order valence-corrected chi connectivity index (χ3v) is 18.8. The van der Waals surface area contributed by atoms with E-state index in [0.717, 1.165) is 205 Å². The minimum absolute atomic E-state index is 0.0265. The van der Waals surface area contributed by atoms with Crippen LogP contribution in [0.4, 0.5) is 0 Å². The van der Waals surface area contributed by atoms with Gasteiger partial charge in [-0.1, -0.05) is 300 Å². The highest BCUT2D eigenvalue weighted by Crippen LogP contribution is 2.45. The van der Waals surface area contributed by atoms with Crippen LogP contribution in [0.5, 0.6) is 0 Å².